The smallest absolute Gasteiger partial charge is 0.361 e. The van der Waals surface area contributed by atoms with Gasteiger partial charge in [0.1, 0.15) is 5.76 Å². The number of hydrogen-bond donors (Lipinski definition) is 0. The highest BCUT2D eigenvalue weighted by molar-refractivity contribution is 5.76. The van der Waals surface area contributed by atoms with Gasteiger partial charge in [0.15, 0.2) is 0 Å². The maximum Gasteiger partial charge on any atom is 0.361 e. The highest BCUT2D eigenvalue weighted by Gasteiger charge is 2.31. The van der Waals surface area contributed by atoms with Crippen molar-refractivity contribution < 1.29 is 9.32 Å². The number of aromatic nitrogens is 1. The van der Waals surface area contributed by atoms with Crippen LogP contribution in [0.5, 0.6) is 0 Å². The molecular weight excluding hydrogens is 220 g/mol. The number of nitrogens with zero attached hydrogens (tertiary/aromatic N) is 2. The summed E-state index contributed by atoms with van der Waals surface area (Å²) in [7, 11) is 0. The van der Waals surface area contributed by atoms with Crippen molar-refractivity contribution in [2.75, 3.05) is 0 Å². The second-order valence-electron chi connectivity index (χ2n) is 4.80. The fourth-order valence-corrected chi connectivity index (χ4v) is 2.48. The molecular formula is C12H18N2O3. The third-order valence-electron chi connectivity index (χ3n) is 3.35. The van der Waals surface area contributed by atoms with E-state index in [-0.39, 0.29) is 18.1 Å². The normalized spacial score (nSPS) is 25.0. The first kappa shape index (κ1) is 12.0. The minimum atomic E-state index is -0.391. The van der Waals surface area contributed by atoms with Gasteiger partial charge >= 0.3 is 6.03 Å². The van der Waals surface area contributed by atoms with Crippen molar-refractivity contribution in [2.24, 2.45) is 0 Å². The van der Waals surface area contributed by atoms with Crippen LogP contribution >= 0.6 is 0 Å². The highest BCUT2D eigenvalue weighted by Crippen LogP contribution is 2.23. The van der Waals surface area contributed by atoms with Crippen LogP contribution in [0, 0.1) is 6.92 Å². The monoisotopic (exact) mass is 238 g/mol. The van der Waals surface area contributed by atoms with Gasteiger partial charge in [-0.2, -0.15) is 0 Å². The molecule has 1 amide bonds. The van der Waals surface area contributed by atoms with E-state index < -0.39 is 5.56 Å². The Balaban J connectivity index is 2.30. The van der Waals surface area contributed by atoms with E-state index in [0.717, 1.165) is 24.0 Å². The quantitative estimate of drug-likeness (QED) is 0.694. The van der Waals surface area contributed by atoms with Crippen LogP contribution in [-0.2, 0) is 0 Å². The first-order valence-electron chi connectivity index (χ1n) is 6.03. The molecule has 5 heteroatoms. The number of hydrogen-bond acceptors (Lipinski definition) is 3. The van der Waals surface area contributed by atoms with Crippen LogP contribution in [0.25, 0.3) is 0 Å². The Kier molecular flexibility index (Phi) is 3.09. The lowest BCUT2D eigenvalue weighted by Gasteiger charge is -2.38. The lowest BCUT2D eigenvalue weighted by Crippen LogP contribution is -2.50. The van der Waals surface area contributed by atoms with Crippen molar-refractivity contribution in [3.63, 3.8) is 0 Å². The van der Waals surface area contributed by atoms with Gasteiger partial charge in [0, 0.05) is 18.2 Å². The minimum absolute atomic E-state index is 0.156. The summed E-state index contributed by atoms with van der Waals surface area (Å²) in [5.41, 5.74) is -0.391. The number of carbonyl (C=O) groups excluding carboxylic acids is 1. The average Bonchev–Trinajstić information content (AvgIpc) is 2.57. The summed E-state index contributed by atoms with van der Waals surface area (Å²) in [6.07, 6.45) is 3.08. The Morgan fingerprint density at radius 1 is 1.35 bits per heavy atom. The predicted octanol–water partition coefficient (Wildman–Crippen LogP) is 1.98. The number of piperidine rings is 1. The number of carbonyl (C=O) groups is 1. The van der Waals surface area contributed by atoms with Crippen LogP contribution in [0.3, 0.4) is 0 Å². The van der Waals surface area contributed by atoms with Crippen molar-refractivity contribution >= 4 is 6.03 Å². The van der Waals surface area contributed by atoms with Crippen LogP contribution < -0.4 is 5.56 Å². The van der Waals surface area contributed by atoms with Crippen LogP contribution in [0.1, 0.15) is 38.9 Å². The Morgan fingerprint density at radius 2 is 1.94 bits per heavy atom. The molecule has 0 aromatic carbocycles. The molecule has 0 saturated carbocycles. The molecule has 1 aliphatic heterocycles. The van der Waals surface area contributed by atoms with Gasteiger partial charge in [0.2, 0.25) is 0 Å². The summed E-state index contributed by atoms with van der Waals surface area (Å²) >= 11 is 0. The first-order valence-corrected chi connectivity index (χ1v) is 6.03. The highest BCUT2D eigenvalue weighted by atomic mass is 16.5. The van der Waals surface area contributed by atoms with Crippen molar-refractivity contribution in [2.45, 2.75) is 52.1 Å². The zero-order valence-electron chi connectivity index (χ0n) is 10.5. The summed E-state index contributed by atoms with van der Waals surface area (Å²) in [4.78, 5) is 25.6. The van der Waals surface area contributed by atoms with Gasteiger partial charge in [0.25, 0.3) is 5.56 Å². The predicted molar refractivity (Wildman–Crippen MR) is 63.1 cm³/mol. The molecule has 2 atom stereocenters. The van der Waals surface area contributed by atoms with E-state index in [1.54, 1.807) is 11.8 Å². The fraction of sp³-hybridized carbons (Fsp3) is 0.667. The molecule has 1 aromatic rings. The summed E-state index contributed by atoms with van der Waals surface area (Å²) in [5.74, 6) is 0.459. The van der Waals surface area contributed by atoms with Crippen molar-refractivity contribution in [1.29, 1.82) is 0 Å². The number of rotatable bonds is 0. The van der Waals surface area contributed by atoms with Crippen molar-refractivity contribution in [3.8, 4) is 0 Å². The van der Waals surface area contributed by atoms with Crippen LogP contribution in [0.15, 0.2) is 15.4 Å². The summed E-state index contributed by atoms with van der Waals surface area (Å²) < 4.78 is 5.99. The fourth-order valence-electron chi connectivity index (χ4n) is 2.48. The molecule has 5 nitrogen and oxygen atoms in total. The zero-order chi connectivity index (χ0) is 12.6. The van der Waals surface area contributed by atoms with Gasteiger partial charge < -0.3 is 9.42 Å². The molecule has 2 rings (SSSR count). The molecule has 2 unspecified atom stereocenters. The molecule has 1 aliphatic rings. The Labute approximate surface area is 100.0 Å². The largest absolute Gasteiger partial charge is 0.372 e. The molecule has 0 radical (unpaired) electrons. The van der Waals surface area contributed by atoms with Gasteiger partial charge in [-0.15, -0.1) is 0 Å². The summed E-state index contributed by atoms with van der Waals surface area (Å²) in [6, 6.07) is 1.30. The Bertz CT molecular complexity index is 464. The van der Waals surface area contributed by atoms with Crippen LogP contribution in [-0.4, -0.2) is 27.8 Å². The van der Waals surface area contributed by atoms with Gasteiger partial charge in [-0.05, 0) is 40.0 Å². The maximum atomic E-state index is 12.2. The molecule has 1 aromatic heterocycles. The van der Waals surface area contributed by atoms with E-state index in [4.69, 9.17) is 4.52 Å². The second-order valence-corrected chi connectivity index (χ2v) is 4.80. The lowest BCUT2D eigenvalue weighted by atomic mass is 9.98. The molecule has 17 heavy (non-hydrogen) atoms. The van der Waals surface area contributed by atoms with Gasteiger partial charge in [-0.25, -0.2) is 4.79 Å². The summed E-state index contributed by atoms with van der Waals surface area (Å²) in [5, 5.41) is 0. The molecule has 94 valence electrons. The molecule has 0 bridgehead atoms. The first-order chi connectivity index (χ1) is 8.00. The van der Waals surface area contributed by atoms with E-state index in [9.17, 15) is 9.59 Å². The Hall–Kier alpha value is -1.52. The van der Waals surface area contributed by atoms with E-state index in [0.29, 0.717) is 5.76 Å². The average molecular weight is 238 g/mol. The molecule has 1 saturated heterocycles. The summed E-state index contributed by atoms with van der Waals surface area (Å²) in [6.45, 7) is 5.68. The third kappa shape index (κ3) is 2.14. The number of aryl methyl sites for hydroxylation is 1. The SMILES string of the molecule is Cc1cc(=O)n(C(=O)N2C(C)CCCC2C)o1. The van der Waals surface area contributed by atoms with E-state index in [1.807, 2.05) is 13.8 Å². The standard InChI is InChI=1S/C12H18N2O3/c1-8-5-4-6-9(2)13(8)12(16)14-11(15)7-10(3)17-14/h7-9H,4-6H2,1-3H3. The molecule has 2 heterocycles. The molecule has 1 fully saturated rings. The zero-order valence-corrected chi connectivity index (χ0v) is 10.5. The third-order valence-corrected chi connectivity index (χ3v) is 3.35. The van der Waals surface area contributed by atoms with Gasteiger partial charge in [0.05, 0.1) is 0 Å². The van der Waals surface area contributed by atoms with Gasteiger partial charge in [-0.1, -0.05) is 4.74 Å². The van der Waals surface area contributed by atoms with E-state index >= 15 is 0 Å². The lowest BCUT2D eigenvalue weighted by molar-refractivity contribution is 0.103. The van der Waals surface area contributed by atoms with Gasteiger partial charge in [-0.3, -0.25) is 4.79 Å². The minimum Gasteiger partial charge on any atom is -0.372 e. The number of amides is 1. The van der Waals surface area contributed by atoms with E-state index in [1.165, 1.54) is 6.07 Å². The van der Waals surface area contributed by atoms with Crippen molar-refractivity contribution in [3.05, 3.63) is 22.2 Å². The molecule has 0 N–H and O–H groups in total. The van der Waals surface area contributed by atoms with Crippen molar-refractivity contribution in [1.82, 2.24) is 9.64 Å². The Morgan fingerprint density at radius 3 is 2.41 bits per heavy atom. The van der Waals surface area contributed by atoms with Crippen LogP contribution in [0.4, 0.5) is 4.79 Å². The van der Waals surface area contributed by atoms with Crippen LogP contribution in [0.2, 0.25) is 0 Å². The molecule has 0 aliphatic carbocycles. The van der Waals surface area contributed by atoms with E-state index in [2.05, 4.69) is 0 Å². The molecule has 0 spiro atoms. The number of likely N-dealkylation sites (tertiary alicyclic amines) is 1. The second kappa shape index (κ2) is 4.39. The topological polar surface area (TPSA) is 55.5 Å². The maximum absolute atomic E-state index is 12.2.